The van der Waals surface area contributed by atoms with Gasteiger partial charge in [0.05, 0.1) is 6.07 Å². The van der Waals surface area contributed by atoms with Gasteiger partial charge in [0.2, 0.25) is 11.8 Å². The zero-order valence-electron chi connectivity index (χ0n) is 4.97. The third-order valence-electron chi connectivity index (χ3n) is 0.555. The number of amides is 2. The van der Waals surface area contributed by atoms with Crippen LogP contribution in [0.5, 0.6) is 0 Å². The highest BCUT2D eigenvalue weighted by atomic mass is 16.2. The van der Waals surface area contributed by atoms with Gasteiger partial charge in [-0.1, -0.05) is 0 Å². The van der Waals surface area contributed by atoms with Crippen LogP contribution in [0.4, 0.5) is 0 Å². The normalized spacial score (nSPS) is 7.56. The number of carbonyl (C=O) groups excluding carboxylic acids is 2. The lowest BCUT2D eigenvalue weighted by Crippen LogP contribution is -2.27. The fourth-order valence-corrected chi connectivity index (χ4v) is 0.312. The summed E-state index contributed by atoms with van der Waals surface area (Å²) in [6.45, 7) is 1.22. The molecule has 0 aliphatic heterocycles. The van der Waals surface area contributed by atoms with Crippen LogP contribution in [0.1, 0.15) is 13.3 Å². The number of nitrogens with zero attached hydrogens (tertiary/aromatic N) is 1. The van der Waals surface area contributed by atoms with Crippen molar-refractivity contribution < 1.29 is 9.59 Å². The first kappa shape index (κ1) is 7.63. The van der Waals surface area contributed by atoms with Gasteiger partial charge in [-0.3, -0.25) is 14.9 Å². The first-order chi connectivity index (χ1) is 4.16. The minimum Gasteiger partial charge on any atom is -0.296 e. The van der Waals surface area contributed by atoms with Crippen molar-refractivity contribution >= 4 is 11.8 Å². The number of imide groups is 1. The Morgan fingerprint density at radius 1 is 1.67 bits per heavy atom. The van der Waals surface area contributed by atoms with E-state index in [0.29, 0.717) is 0 Å². The van der Waals surface area contributed by atoms with E-state index in [1.807, 2.05) is 5.32 Å². The highest BCUT2D eigenvalue weighted by Gasteiger charge is 1.99. The van der Waals surface area contributed by atoms with E-state index in [9.17, 15) is 9.59 Å². The van der Waals surface area contributed by atoms with Crippen molar-refractivity contribution in [2.45, 2.75) is 13.3 Å². The summed E-state index contributed by atoms with van der Waals surface area (Å²) in [6.07, 6.45) is -0.264. The van der Waals surface area contributed by atoms with E-state index in [0.717, 1.165) is 0 Å². The number of rotatable bonds is 1. The quantitative estimate of drug-likeness (QED) is 0.518. The van der Waals surface area contributed by atoms with Gasteiger partial charge in [0, 0.05) is 6.92 Å². The van der Waals surface area contributed by atoms with E-state index in [1.165, 1.54) is 6.92 Å². The molecule has 0 fully saturated rings. The summed E-state index contributed by atoms with van der Waals surface area (Å²) in [4.78, 5) is 20.4. The predicted octanol–water partition coefficient (Wildman–Crippen LogP) is -0.437. The summed E-state index contributed by atoms with van der Waals surface area (Å²) < 4.78 is 0. The number of nitriles is 1. The molecule has 0 heterocycles. The van der Waals surface area contributed by atoms with E-state index >= 15 is 0 Å². The minimum atomic E-state index is -0.551. The fraction of sp³-hybridized carbons (Fsp3) is 0.400. The molecule has 0 aliphatic carbocycles. The summed E-state index contributed by atoms with van der Waals surface area (Å²) in [5.41, 5.74) is 0. The van der Waals surface area contributed by atoms with Crippen molar-refractivity contribution in [3.05, 3.63) is 0 Å². The molecular weight excluding hydrogens is 120 g/mol. The Morgan fingerprint density at radius 2 is 2.22 bits per heavy atom. The molecule has 48 valence electrons. The lowest BCUT2D eigenvalue weighted by molar-refractivity contribution is -0.128. The highest BCUT2D eigenvalue weighted by molar-refractivity contribution is 5.94. The van der Waals surface area contributed by atoms with Crippen LogP contribution in [-0.2, 0) is 9.59 Å². The fourth-order valence-electron chi connectivity index (χ4n) is 0.312. The molecule has 9 heavy (non-hydrogen) atoms. The molecule has 0 aromatic heterocycles. The maximum Gasteiger partial charge on any atom is 0.240 e. The van der Waals surface area contributed by atoms with Crippen LogP contribution in [0.2, 0.25) is 0 Å². The van der Waals surface area contributed by atoms with E-state index in [1.54, 1.807) is 6.07 Å². The molecule has 0 bridgehead atoms. The Morgan fingerprint density at radius 3 is 2.56 bits per heavy atom. The Balaban J connectivity index is 3.54. The average Bonchev–Trinajstić information content (AvgIpc) is 1.63. The van der Waals surface area contributed by atoms with E-state index in [-0.39, 0.29) is 6.42 Å². The zero-order chi connectivity index (χ0) is 7.28. The molecule has 0 unspecified atom stereocenters. The number of carbonyl (C=O) groups is 2. The van der Waals surface area contributed by atoms with Crippen LogP contribution in [-0.4, -0.2) is 11.8 Å². The SMILES string of the molecule is CC(=O)NC(=O)CC#N. The van der Waals surface area contributed by atoms with Crippen molar-refractivity contribution in [1.82, 2.24) is 5.32 Å². The monoisotopic (exact) mass is 126 g/mol. The second-order valence-electron chi connectivity index (χ2n) is 1.44. The molecule has 4 nitrogen and oxygen atoms in total. The average molecular weight is 126 g/mol. The number of nitrogens with one attached hydrogen (secondary N) is 1. The standard InChI is InChI=1S/C5H6N2O2/c1-4(8)7-5(9)2-3-6/h2H2,1H3,(H,7,8,9). The van der Waals surface area contributed by atoms with E-state index in [4.69, 9.17) is 5.26 Å². The largest absolute Gasteiger partial charge is 0.296 e. The van der Waals surface area contributed by atoms with Crippen LogP contribution in [0.15, 0.2) is 0 Å². The van der Waals surface area contributed by atoms with Crippen LogP contribution in [0.25, 0.3) is 0 Å². The summed E-state index contributed by atoms with van der Waals surface area (Å²) in [6, 6.07) is 1.61. The van der Waals surface area contributed by atoms with E-state index < -0.39 is 11.8 Å². The molecule has 0 radical (unpaired) electrons. The van der Waals surface area contributed by atoms with Gasteiger partial charge in [-0.2, -0.15) is 5.26 Å². The molecule has 0 aromatic carbocycles. The molecule has 0 saturated carbocycles. The molecule has 0 atom stereocenters. The first-order valence-electron chi connectivity index (χ1n) is 2.34. The second kappa shape index (κ2) is 3.61. The molecule has 0 aromatic rings. The van der Waals surface area contributed by atoms with Gasteiger partial charge in [0.15, 0.2) is 0 Å². The van der Waals surface area contributed by atoms with Crippen molar-refractivity contribution in [3.63, 3.8) is 0 Å². The van der Waals surface area contributed by atoms with Crippen molar-refractivity contribution in [1.29, 1.82) is 5.26 Å². The Labute approximate surface area is 52.5 Å². The maximum absolute atomic E-state index is 10.3. The molecule has 0 spiro atoms. The Bertz CT molecular complexity index is 168. The topological polar surface area (TPSA) is 70.0 Å². The molecule has 1 N–H and O–H groups in total. The van der Waals surface area contributed by atoms with Crippen molar-refractivity contribution in [2.24, 2.45) is 0 Å². The first-order valence-corrected chi connectivity index (χ1v) is 2.34. The van der Waals surface area contributed by atoms with Crippen LogP contribution < -0.4 is 5.32 Å². The second-order valence-corrected chi connectivity index (χ2v) is 1.44. The highest BCUT2D eigenvalue weighted by Crippen LogP contribution is 1.73. The number of hydrogen-bond acceptors (Lipinski definition) is 3. The summed E-state index contributed by atoms with van der Waals surface area (Å²) in [5.74, 6) is -0.986. The zero-order valence-corrected chi connectivity index (χ0v) is 4.97. The van der Waals surface area contributed by atoms with Crippen LogP contribution >= 0.6 is 0 Å². The molecular formula is C5H6N2O2. The van der Waals surface area contributed by atoms with Gasteiger partial charge >= 0.3 is 0 Å². The van der Waals surface area contributed by atoms with Crippen molar-refractivity contribution in [3.8, 4) is 6.07 Å². The molecule has 2 amide bonds. The van der Waals surface area contributed by atoms with Gasteiger partial charge in [-0.15, -0.1) is 0 Å². The minimum absolute atomic E-state index is 0.264. The van der Waals surface area contributed by atoms with Crippen LogP contribution in [0, 0.1) is 11.3 Å². The van der Waals surface area contributed by atoms with E-state index in [2.05, 4.69) is 0 Å². The number of hydrogen-bond donors (Lipinski definition) is 1. The molecule has 0 rings (SSSR count). The molecule has 0 saturated heterocycles. The summed E-state index contributed by atoms with van der Waals surface area (Å²) in [5, 5.41) is 9.87. The van der Waals surface area contributed by atoms with Gasteiger partial charge in [-0.05, 0) is 0 Å². The predicted molar refractivity (Wildman–Crippen MR) is 29.1 cm³/mol. The van der Waals surface area contributed by atoms with Gasteiger partial charge in [0.1, 0.15) is 6.42 Å². The van der Waals surface area contributed by atoms with Gasteiger partial charge in [-0.25, -0.2) is 0 Å². The molecule has 0 aliphatic rings. The maximum atomic E-state index is 10.3. The van der Waals surface area contributed by atoms with Gasteiger partial charge in [0.25, 0.3) is 0 Å². The van der Waals surface area contributed by atoms with Crippen LogP contribution in [0.3, 0.4) is 0 Å². The van der Waals surface area contributed by atoms with Crippen molar-refractivity contribution in [2.75, 3.05) is 0 Å². The Kier molecular flexibility index (Phi) is 3.06. The third-order valence-corrected chi connectivity index (χ3v) is 0.555. The summed E-state index contributed by atoms with van der Waals surface area (Å²) >= 11 is 0. The lowest BCUT2D eigenvalue weighted by Gasteiger charge is -1.91. The third kappa shape index (κ3) is 4.48. The summed E-state index contributed by atoms with van der Waals surface area (Å²) in [7, 11) is 0. The molecule has 4 heteroatoms. The smallest absolute Gasteiger partial charge is 0.240 e. The lowest BCUT2D eigenvalue weighted by atomic mass is 10.4. The van der Waals surface area contributed by atoms with Gasteiger partial charge < -0.3 is 0 Å². The Hall–Kier alpha value is -1.37.